The number of carbonyl (C=O) groups excluding carboxylic acids is 1. The summed E-state index contributed by atoms with van der Waals surface area (Å²) in [6.07, 6.45) is 1.74. The van der Waals surface area contributed by atoms with Crippen LogP contribution in [0.3, 0.4) is 0 Å². The number of nitro benzene ring substituents is 1. The lowest BCUT2D eigenvalue weighted by molar-refractivity contribution is -0.384. The van der Waals surface area contributed by atoms with Crippen LogP contribution >= 0.6 is 11.3 Å². The normalized spacial score (nSPS) is 12.6. The molecule has 0 aliphatic carbocycles. The Morgan fingerprint density at radius 1 is 1.22 bits per heavy atom. The van der Waals surface area contributed by atoms with Gasteiger partial charge in [0, 0.05) is 35.2 Å². The number of nitrogens with one attached hydrogen (secondary N) is 1. The second-order valence-corrected chi connectivity index (χ2v) is 7.35. The van der Waals surface area contributed by atoms with E-state index in [1.165, 1.54) is 35.6 Å². The zero-order valence-corrected chi connectivity index (χ0v) is 19.1. The highest BCUT2D eigenvalue weighted by Gasteiger charge is 2.15. The summed E-state index contributed by atoms with van der Waals surface area (Å²) in [7, 11) is 0. The van der Waals surface area contributed by atoms with Crippen molar-refractivity contribution in [3.8, 4) is 22.8 Å². The molecule has 0 radical (unpaired) electrons. The molecule has 1 aromatic heterocycles. The van der Waals surface area contributed by atoms with E-state index < -0.39 is 10.8 Å². The summed E-state index contributed by atoms with van der Waals surface area (Å²) in [6.45, 7) is 5.32. The standard InChI is InChI=1S/C21H18N4O5S.BrH/c1-2-9-24-17(15-5-8-18-19(12-15)30-11-10-29-18)13-31-21(24)23-22-20(26)14-3-6-16(7-4-14)25(27)28;/h2-8,12-13H,1,9-11H2,(H,22,26);1H/p-1/b23-21+;. The first kappa shape index (κ1) is 23.2. The van der Waals surface area contributed by atoms with Gasteiger partial charge in [0.25, 0.3) is 11.6 Å². The van der Waals surface area contributed by atoms with E-state index in [2.05, 4.69) is 17.1 Å². The molecule has 0 atom stereocenters. The molecule has 4 rings (SSSR count). The van der Waals surface area contributed by atoms with Crippen molar-refractivity contribution in [3.05, 3.63) is 81.0 Å². The Kier molecular flexibility index (Phi) is 7.44. The molecule has 166 valence electrons. The number of amides is 1. The molecule has 32 heavy (non-hydrogen) atoms. The Hall–Kier alpha value is -3.44. The lowest BCUT2D eigenvalue weighted by Crippen LogP contribution is -3.00. The number of ether oxygens (including phenoxy) is 2. The Morgan fingerprint density at radius 2 is 1.94 bits per heavy atom. The molecule has 11 heteroatoms. The number of hydrogen-bond donors (Lipinski definition) is 1. The smallest absolute Gasteiger partial charge is 0.271 e. The van der Waals surface area contributed by atoms with Crippen molar-refractivity contribution in [2.45, 2.75) is 6.54 Å². The molecule has 0 bridgehead atoms. The highest BCUT2D eigenvalue weighted by atomic mass is 79.9. The number of nitro groups is 1. The van der Waals surface area contributed by atoms with E-state index in [-0.39, 0.29) is 28.2 Å². The summed E-state index contributed by atoms with van der Waals surface area (Å²) in [5, 5.41) is 16.9. The number of nitrogens with zero attached hydrogens (tertiary/aromatic N) is 3. The number of hydrogen-bond acceptors (Lipinski definition) is 7. The Balaban J connectivity index is 0.00000289. The first-order chi connectivity index (χ1) is 15.1. The van der Waals surface area contributed by atoms with Crippen molar-refractivity contribution in [2.24, 2.45) is 5.10 Å². The van der Waals surface area contributed by atoms with Gasteiger partial charge in [-0.2, -0.15) is 0 Å². The van der Waals surface area contributed by atoms with Gasteiger partial charge in [-0.1, -0.05) is 6.08 Å². The van der Waals surface area contributed by atoms with Gasteiger partial charge in [0.1, 0.15) is 13.2 Å². The molecule has 2 aromatic carbocycles. The highest BCUT2D eigenvalue weighted by molar-refractivity contribution is 7.07. The van der Waals surface area contributed by atoms with Gasteiger partial charge < -0.3 is 31.0 Å². The number of thiazole rings is 1. The van der Waals surface area contributed by atoms with Gasteiger partial charge in [0.2, 0.25) is 4.80 Å². The molecule has 0 unspecified atom stereocenters. The lowest BCUT2D eigenvalue weighted by atomic mass is 10.1. The predicted molar refractivity (Wildman–Crippen MR) is 115 cm³/mol. The van der Waals surface area contributed by atoms with Gasteiger partial charge in [-0.25, -0.2) is 5.43 Å². The van der Waals surface area contributed by atoms with Crippen molar-refractivity contribution < 1.29 is 36.2 Å². The third kappa shape index (κ3) is 4.89. The third-order valence-electron chi connectivity index (χ3n) is 4.54. The van der Waals surface area contributed by atoms with Crippen LogP contribution in [-0.2, 0) is 6.54 Å². The van der Waals surface area contributed by atoms with Crippen molar-refractivity contribution in [2.75, 3.05) is 13.2 Å². The number of non-ortho nitro benzene ring substituents is 1. The molecular weight excluding hydrogens is 500 g/mol. The summed E-state index contributed by atoms with van der Waals surface area (Å²) in [4.78, 5) is 23.2. The van der Waals surface area contributed by atoms with Crippen LogP contribution in [0.2, 0.25) is 0 Å². The van der Waals surface area contributed by atoms with Crippen LogP contribution in [-0.4, -0.2) is 28.6 Å². The van der Waals surface area contributed by atoms with Crippen molar-refractivity contribution in [1.29, 1.82) is 0 Å². The summed E-state index contributed by atoms with van der Waals surface area (Å²) in [5.41, 5.74) is 4.51. The van der Waals surface area contributed by atoms with E-state index in [0.717, 1.165) is 11.3 Å². The van der Waals surface area contributed by atoms with Crippen LogP contribution in [0.1, 0.15) is 10.4 Å². The van der Waals surface area contributed by atoms with Gasteiger partial charge in [-0.15, -0.1) is 23.0 Å². The van der Waals surface area contributed by atoms with Gasteiger partial charge in [0.05, 0.1) is 10.6 Å². The van der Waals surface area contributed by atoms with Crippen LogP contribution < -0.4 is 36.7 Å². The maximum Gasteiger partial charge on any atom is 0.271 e. The fourth-order valence-corrected chi connectivity index (χ4v) is 3.93. The largest absolute Gasteiger partial charge is 1.00 e. The Bertz CT molecular complexity index is 1220. The third-order valence-corrected chi connectivity index (χ3v) is 5.40. The average Bonchev–Trinajstić information content (AvgIpc) is 3.20. The molecule has 1 aliphatic rings. The Morgan fingerprint density at radius 3 is 2.62 bits per heavy atom. The summed E-state index contributed by atoms with van der Waals surface area (Å²) >= 11 is 1.36. The molecule has 1 aliphatic heterocycles. The maximum absolute atomic E-state index is 12.4. The first-order valence-corrected chi connectivity index (χ1v) is 10.2. The zero-order valence-electron chi connectivity index (χ0n) is 16.7. The van der Waals surface area contributed by atoms with Crippen LogP contribution in [0, 0.1) is 10.1 Å². The van der Waals surface area contributed by atoms with Crippen LogP contribution in [0.5, 0.6) is 11.5 Å². The van der Waals surface area contributed by atoms with E-state index in [1.807, 2.05) is 28.1 Å². The van der Waals surface area contributed by atoms with E-state index in [1.54, 1.807) is 6.08 Å². The SMILES string of the molecule is C=CCn1c(-c2ccc3c(c2)OCCO3)cs/c1=N/NC(=O)c1ccc([N+](=O)[O-])cc1.[Br-]. The molecule has 0 spiro atoms. The first-order valence-electron chi connectivity index (χ1n) is 9.34. The molecule has 1 amide bonds. The molecule has 0 fully saturated rings. The predicted octanol–water partition coefficient (Wildman–Crippen LogP) is 0.332. The van der Waals surface area contributed by atoms with Gasteiger partial charge in [-0.05, 0) is 30.3 Å². The van der Waals surface area contributed by atoms with Gasteiger partial charge in [0.15, 0.2) is 11.5 Å². The van der Waals surface area contributed by atoms with Crippen molar-refractivity contribution in [3.63, 3.8) is 0 Å². The fourth-order valence-electron chi connectivity index (χ4n) is 3.06. The maximum atomic E-state index is 12.4. The Labute approximate surface area is 197 Å². The number of allylic oxidation sites excluding steroid dienone is 1. The highest BCUT2D eigenvalue weighted by Crippen LogP contribution is 2.34. The monoisotopic (exact) mass is 517 g/mol. The number of rotatable bonds is 6. The lowest BCUT2D eigenvalue weighted by Gasteiger charge is -2.19. The van der Waals surface area contributed by atoms with Gasteiger partial charge >= 0.3 is 0 Å². The molecular formula is C21H18BrN4O5S-. The van der Waals surface area contributed by atoms with E-state index in [0.29, 0.717) is 36.1 Å². The van der Waals surface area contributed by atoms with Crippen molar-refractivity contribution in [1.82, 2.24) is 9.99 Å². The second-order valence-electron chi connectivity index (χ2n) is 6.52. The number of benzene rings is 2. The van der Waals surface area contributed by atoms with Crippen LogP contribution in [0.15, 0.2) is 65.6 Å². The average molecular weight is 518 g/mol. The fraction of sp³-hybridized carbons (Fsp3) is 0.143. The van der Waals surface area contributed by atoms with E-state index in [9.17, 15) is 14.9 Å². The van der Waals surface area contributed by atoms with Crippen LogP contribution in [0.4, 0.5) is 5.69 Å². The van der Waals surface area contributed by atoms with E-state index in [4.69, 9.17) is 9.47 Å². The molecule has 3 aromatic rings. The van der Waals surface area contributed by atoms with Gasteiger partial charge in [-0.3, -0.25) is 14.9 Å². The van der Waals surface area contributed by atoms with E-state index >= 15 is 0 Å². The molecule has 1 N–H and O–H groups in total. The second kappa shape index (κ2) is 10.2. The molecule has 0 saturated heterocycles. The molecule has 9 nitrogen and oxygen atoms in total. The minimum absolute atomic E-state index is 0. The summed E-state index contributed by atoms with van der Waals surface area (Å²) in [5.74, 6) is 0.931. The summed E-state index contributed by atoms with van der Waals surface area (Å²) in [6, 6.07) is 11.0. The van der Waals surface area contributed by atoms with Crippen molar-refractivity contribution >= 4 is 22.9 Å². The number of halogens is 1. The molecule has 2 heterocycles. The zero-order chi connectivity index (χ0) is 21.8. The molecule has 0 saturated carbocycles. The number of carbonyl (C=O) groups is 1. The number of aromatic nitrogens is 1. The minimum atomic E-state index is -0.519. The minimum Gasteiger partial charge on any atom is -1.00 e. The summed E-state index contributed by atoms with van der Waals surface area (Å²) < 4.78 is 13.2. The van der Waals surface area contributed by atoms with Crippen LogP contribution in [0.25, 0.3) is 11.3 Å². The topological polar surface area (TPSA) is 108 Å². The quantitative estimate of drug-likeness (QED) is 0.288. The number of fused-ring (bicyclic) bond motifs is 1.